The number of nitrogens with zero attached hydrogens (tertiary/aromatic N) is 3. The molecule has 0 saturated heterocycles. The zero-order valence-electron chi connectivity index (χ0n) is 14.9. The van der Waals surface area contributed by atoms with Gasteiger partial charge in [-0.25, -0.2) is 4.98 Å². The molecule has 1 aromatic heterocycles. The molecule has 28 heavy (non-hydrogen) atoms. The van der Waals surface area contributed by atoms with Gasteiger partial charge in [0.1, 0.15) is 12.3 Å². The Hall–Kier alpha value is -3.46. The van der Waals surface area contributed by atoms with Crippen LogP contribution in [0.2, 0.25) is 5.02 Å². The van der Waals surface area contributed by atoms with E-state index < -0.39 is 16.4 Å². The van der Waals surface area contributed by atoms with E-state index in [0.29, 0.717) is 16.5 Å². The lowest BCUT2D eigenvalue weighted by atomic mass is 10.2. The lowest BCUT2D eigenvalue weighted by Crippen LogP contribution is -2.28. The zero-order chi connectivity index (χ0) is 20.4. The number of ether oxygens (including phenoxy) is 1. The second-order valence-electron chi connectivity index (χ2n) is 5.99. The predicted molar refractivity (Wildman–Crippen MR) is 104 cm³/mol. The molecule has 0 aliphatic carbocycles. The van der Waals surface area contributed by atoms with E-state index in [9.17, 15) is 19.7 Å². The molecular weight excluding hydrogens is 388 g/mol. The lowest BCUT2D eigenvalue weighted by molar-refractivity contribution is -0.384. The number of fused-ring (bicyclic) bond motifs is 1. The van der Waals surface area contributed by atoms with Gasteiger partial charge in [-0.1, -0.05) is 11.6 Å². The number of nitro benzene ring substituents is 1. The molecule has 1 N–H and O–H groups in total. The van der Waals surface area contributed by atoms with Crippen LogP contribution in [0.15, 0.2) is 41.5 Å². The Labute approximate surface area is 163 Å². The molecule has 10 heteroatoms. The number of carbonyl (C=O) groups is 1. The first kappa shape index (κ1) is 19.3. The van der Waals surface area contributed by atoms with E-state index in [0.717, 1.165) is 10.1 Å². The van der Waals surface area contributed by atoms with Gasteiger partial charge in [0.15, 0.2) is 0 Å². The van der Waals surface area contributed by atoms with Gasteiger partial charge in [0.05, 0.1) is 35.0 Å². The maximum Gasteiger partial charge on any atom is 0.271 e. The molecule has 3 rings (SSSR count). The number of methoxy groups -OCH3 is 1. The Morgan fingerprint density at radius 2 is 2.11 bits per heavy atom. The quantitative estimate of drug-likeness (QED) is 0.518. The number of anilines is 1. The van der Waals surface area contributed by atoms with E-state index in [1.165, 1.54) is 31.6 Å². The average molecular weight is 403 g/mol. The standard InChI is InChI=1S/C18H15ClN4O5/c1-10-5-15(16(28-2)7-13(10)19)21-17(24)8-22-9-20-14-6-11(23(26)27)3-4-12(14)18(22)25/h3-7,9H,8H2,1-2H3,(H,21,24). The van der Waals surface area contributed by atoms with E-state index in [1.807, 2.05) is 0 Å². The molecule has 9 nitrogen and oxygen atoms in total. The van der Waals surface area contributed by atoms with Crippen molar-refractivity contribution in [1.82, 2.24) is 9.55 Å². The molecule has 0 bridgehead atoms. The Morgan fingerprint density at radius 1 is 1.36 bits per heavy atom. The summed E-state index contributed by atoms with van der Waals surface area (Å²) in [7, 11) is 1.45. The number of halogens is 1. The molecule has 1 amide bonds. The van der Waals surface area contributed by atoms with Crippen molar-refractivity contribution < 1.29 is 14.5 Å². The lowest BCUT2D eigenvalue weighted by Gasteiger charge is -2.13. The van der Waals surface area contributed by atoms with Gasteiger partial charge in [0.25, 0.3) is 11.2 Å². The summed E-state index contributed by atoms with van der Waals surface area (Å²) in [5, 5.41) is 14.2. The van der Waals surface area contributed by atoms with Gasteiger partial charge in [-0.2, -0.15) is 0 Å². The van der Waals surface area contributed by atoms with Crippen LogP contribution in [0.3, 0.4) is 0 Å². The number of benzene rings is 2. The SMILES string of the molecule is COc1cc(Cl)c(C)cc1NC(=O)Cn1cnc2cc([N+](=O)[O-])ccc2c1=O. The first-order valence-corrected chi connectivity index (χ1v) is 8.45. The highest BCUT2D eigenvalue weighted by Crippen LogP contribution is 2.30. The first-order chi connectivity index (χ1) is 13.3. The Bertz CT molecular complexity index is 1160. The summed E-state index contributed by atoms with van der Waals surface area (Å²) in [5.41, 5.74) is 0.718. The van der Waals surface area contributed by atoms with Crippen molar-refractivity contribution in [2.24, 2.45) is 0 Å². The fourth-order valence-electron chi connectivity index (χ4n) is 2.65. The van der Waals surface area contributed by atoms with Gasteiger partial charge in [-0.05, 0) is 24.6 Å². The predicted octanol–water partition coefficient (Wildman–Crippen LogP) is 2.91. The first-order valence-electron chi connectivity index (χ1n) is 8.07. The number of hydrogen-bond donors (Lipinski definition) is 1. The van der Waals surface area contributed by atoms with Crippen molar-refractivity contribution in [3.05, 3.63) is 67.7 Å². The monoisotopic (exact) mass is 402 g/mol. The van der Waals surface area contributed by atoms with Crippen molar-refractivity contribution in [2.75, 3.05) is 12.4 Å². The molecule has 0 radical (unpaired) electrons. The maximum absolute atomic E-state index is 12.6. The van der Waals surface area contributed by atoms with Gasteiger partial charge in [0.2, 0.25) is 5.91 Å². The molecule has 0 aliphatic rings. The maximum atomic E-state index is 12.6. The highest BCUT2D eigenvalue weighted by molar-refractivity contribution is 6.31. The van der Waals surface area contributed by atoms with Crippen LogP contribution < -0.4 is 15.6 Å². The number of carbonyl (C=O) groups excluding carboxylic acids is 1. The van der Waals surface area contributed by atoms with Crippen molar-refractivity contribution in [3.8, 4) is 5.75 Å². The third-order valence-electron chi connectivity index (χ3n) is 4.09. The van der Waals surface area contributed by atoms with Crippen LogP contribution in [-0.2, 0) is 11.3 Å². The van der Waals surface area contributed by atoms with Gasteiger partial charge in [-0.15, -0.1) is 0 Å². The Morgan fingerprint density at radius 3 is 2.79 bits per heavy atom. The largest absolute Gasteiger partial charge is 0.495 e. The van der Waals surface area contributed by atoms with Crippen molar-refractivity contribution in [2.45, 2.75) is 13.5 Å². The Balaban J connectivity index is 1.87. The van der Waals surface area contributed by atoms with Crippen molar-refractivity contribution in [3.63, 3.8) is 0 Å². The number of aromatic nitrogens is 2. The molecule has 3 aromatic rings. The minimum absolute atomic E-state index is 0.167. The highest BCUT2D eigenvalue weighted by atomic mass is 35.5. The number of aryl methyl sites for hydroxylation is 1. The molecule has 144 valence electrons. The van der Waals surface area contributed by atoms with E-state index >= 15 is 0 Å². The van der Waals surface area contributed by atoms with Crippen molar-refractivity contribution in [1.29, 1.82) is 0 Å². The van der Waals surface area contributed by atoms with Crippen LogP contribution in [0.25, 0.3) is 10.9 Å². The average Bonchev–Trinajstić information content (AvgIpc) is 2.66. The molecule has 0 atom stereocenters. The fourth-order valence-corrected chi connectivity index (χ4v) is 2.80. The number of nitro groups is 1. The van der Waals surface area contributed by atoms with Gasteiger partial charge >= 0.3 is 0 Å². The summed E-state index contributed by atoms with van der Waals surface area (Å²) in [6.45, 7) is 1.50. The third kappa shape index (κ3) is 3.79. The second-order valence-corrected chi connectivity index (χ2v) is 6.39. The van der Waals surface area contributed by atoms with Crippen LogP contribution in [0.1, 0.15) is 5.56 Å². The molecule has 0 saturated carbocycles. The van der Waals surface area contributed by atoms with Crippen LogP contribution in [0.5, 0.6) is 5.75 Å². The molecule has 0 aliphatic heterocycles. The second kappa shape index (κ2) is 7.65. The minimum Gasteiger partial charge on any atom is -0.495 e. The molecule has 2 aromatic carbocycles. The van der Waals surface area contributed by atoms with Gasteiger partial charge in [-0.3, -0.25) is 24.3 Å². The van der Waals surface area contributed by atoms with E-state index in [4.69, 9.17) is 16.3 Å². The van der Waals surface area contributed by atoms with E-state index in [-0.39, 0.29) is 23.1 Å². The number of hydrogen-bond acceptors (Lipinski definition) is 6. The van der Waals surface area contributed by atoms with Crippen LogP contribution in [-0.4, -0.2) is 27.5 Å². The number of nitrogens with one attached hydrogen (secondary N) is 1. The molecule has 0 unspecified atom stereocenters. The summed E-state index contributed by atoms with van der Waals surface area (Å²) in [5.74, 6) is -0.0783. The summed E-state index contributed by atoms with van der Waals surface area (Å²) in [4.78, 5) is 39.3. The fraction of sp³-hybridized carbons (Fsp3) is 0.167. The summed E-state index contributed by atoms with van der Waals surface area (Å²) in [6.07, 6.45) is 1.18. The molecule has 0 fully saturated rings. The summed E-state index contributed by atoms with van der Waals surface area (Å²) in [6, 6.07) is 7.01. The highest BCUT2D eigenvalue weighted by Gasteiger charge is 2.14. The van der Waals surface area contributed by atoms with Crippen LogP contribution in [0, 0.1) is 17.0 Å². The zero-order valence-corrected chi connectivity index (χ0v) is 15.7. The van der Waals surface area contributed by atoms with E-state index in [1.54, 1.807) is 19.1 Å². The normalized spacial score (nSPS) is 10.7. The van der Waals surface area contributed by atoms with Crippen LogP contribution >= 0.6 is 11.6 Å². The van der Waals surface area contributed by atoms with E-state index in [2.05, 4.69) is 10.3 Å². The number of amides is 1. The molecule has 1 heterocycles. The topological polar surface area (TPSA) is 116 Å². The smallest absolute Gasteiger partial charge is 0.271 e. The van der Waals surface area contributed by atoms with Gasteiger partial charge < -0.3 is 10.1 Å². The number of non-ortho nitro benzene ring substituents is 1. The van der Waals surface area contributed by atoms with Gasteiger partial charge in [0, 0.05) is 23.2 Å². The number of rotatable bonds is 5. The van der Waals surface area contributed by atoms with Crippen LogP contribution in [0.4, 0.5) is 11.4 Å². The van der Waals surface area contributed by atoms with Crippen molar-refractivity contribution >= 4 is 39.8 Å². The molecular formula is C18H15ClN4O5. The summed E-state index contributed by atoms with van der Waals surface area (Å²) < 4.78 is 6.33. The Kier molecular flexibility index (Phi) is 5.27. The third-order valence-corrected chi connectivity index (χ3v) is 4.50. The summed E-state index contributed by atoms with van der Waals surface area (Å²) >= 11 is 6.05. The minimum atomic E-state index is -0.568. The molecule has 0 spiro atoms.